The molecule has 76 valence electrons. The second-order valence-electron chi connectivity index (χ2n) is 3.98. The molecule has 0 aromatic rings. The Balaban J connectivity index is 2.81. The summed E-state index contributed by atoms with van der Waals surface area (Å²) in [6, 6.07) is 0. The van der Waals surface area contributed by atoms with Gasteiger partial charge < -0.3 is 10.5 Å². The van der Waals surface area contributed by atoms with Gasteiger partial charge in [-0.25, -0.2) is 4.79 Å². The fourth-order valence-corrected chi connectivity index (χ4v) is 1.51. The molecule has 1 fully saturated rings. The van der Waals surface area contributed by atoms with Crippen LogP contribution in [-0.4, -0.2) is 36.2 Å². The molecule has 4 nitrogen and oxygen atoms in total. The number of rotatable bonds is 3. The van der Waals surface area contributed by atoms with Crippen LogP contribution in [0.3, 0.4) is 0 Å². The lowest BCUT2D eigenvalue weighted by molar-refractivity contribution is 0.0959. The minimum Gasteiger partial charge on any atom is -0.448 e. The van der Waals surface area contributed by atoms with Crippen LogP contribution in [0.1, 0.15) is 20.8 Å². The molecule has 1 amide bonds. The van der Waals surface area contributed by atoms with E-state index in [1.807, 2.05) is 6.92 Å². The molecule has 0 aromatic heterocycles. The quantitative estimate of drug-likeness (QED) is 0.709. The van der Waals surface area contributed by atoms with Gasteiger partial charge in [0.1, 0.15) is 6.61 Å². The second kappa shape index (κ2) is 3.54. The van der Waals surface area contributed by atoms with Gasteiger partial charge in [-0.05, 0) is 12.8 Å². The smallest absolute Gasteiger partial charge is 0.410 e. The Morgan fingerprint density at radius 2 is 2.31 bits per heavy atom. The molecule has 1 heterocycles. The summed E-state index contributed by atoms with van der Waals surface area (Å²) in [4.78, 5) is 13.1. The molecule has 0 aromatic carbocycles. The molecular formula is C9H18N2O2. The van der Waals surface area contributed by atoms with Crippen molar-refractivity contribution in [3.8, 4) is 0 Å². The van der Waals surface area contributed by atoms with E-state index in [2.05, 4.69) is 13.8 Å². The van der Waals surface area contributed by atoms with E-state index in [1.54, 1.807) is 4.90 Å². The first kappa shape index (κ1) is 10.3. The highest BCUT2D eigenvalue weighted by atomic mass is 16.6. The summed E-state index contributed by atoms with van der Waals surface area (Å²) in [7, 11) is 0. The van der Waals surface area contributed by atoms with Crippen LogP contribution >= 0.6 is 0 Å². The van der Waals surface area contributed by atoms with Crippen LogP contribution in [0.25, 0.3) is 0 Å². The van der Waals surface area contributed by atoms with E-state index in [0.29, 0.717) is 25.6 Å². The molecule has 0 bridgehead atoms. The van der Waals surface area contributed by atoms with Crippen LogP contribution in [0.4, 0.5) is 4.79 Å². The maximum Gasteiger partial charge on any atom is 0.410 e. The number of amides is 1. The highest BCUT2D eigenvalue weighted by Gasteiger charge is 2.40. The highest BCUT2D eigenvalue weighted by Crippen LogP contribution is 2.26. The zero-order chi connectivity index (χ0) is 10.1. The maximum absolute atomic E-state index is 11.3. The van der Waals surface area contributed by atoms with Crippen molar-refractivity contribution in [3.05, 3.63) is 0 Å². The predicted molar refractivity (Wildman–Crippen MR) is 50.4 cm³/mol. The molecule has 0 spiro atoms. The zero-order valence-electron chi connectivity index (χ0n) is 8.54. The first-order valence-corrected chi connectivity index (χ1v) is 4.67. The minimum absolute atomic E-state index is 0.235. The summed E-state index contributed by atoms with van der Waals surface area (Å²) < 4.78 is 4.90. The van der Waals surface area contributed by atoms with Gasteiger partial charge in [-0.1, -0.05) is 13.8 Å². The van der Waals surface area contributed by atoms with Crippen LogP contribution < -0.4 is 5.73 Å². The van der Waals surface area contributed by atoms with Crippen LogP contribution in [0.15, 0.2) is 0 Å². The van der Waals surface area contributed by atoms with Gasteiger partial charge in [-0.3, -0.25) is 4.90 Å². The average Bonchev–Trinajstić information content (AvgIpc) is 2.50. The fraction of sp³-hybridized carbons (Fsp3) is 0.889. The molecule has 1 saturated heterocycles. The van der Waals surface area contributed by atoms with Crippen molar-refractivity contribution >= 4 is 6.09 Å². The lowest BCUT2D eigenvalue weighted by atomic mass is 9.87. The molecule has 0 radical (unpaired) electrons. The van der Waals surface area contributed by atoms with Gasteiger partial charge in [-0.15, -0.1) is 0 Å². The second-order valence-corrected chi connectivity index (χ2v) is 3.98. The van der Waals surface area contributed by atoms with Gasteiger partial charge in [0.05, 0.1) is 12.1 Å². The van der Waals surface area contributed by atoms with Gasteiger partial charge >= 0.3 is 6.09 Å². The van der Waals surface area contributed by atoms with Crippen molar-refractivity contribution in [2.45, 2.75) is 26.3 Å². The van der Waals surface area contributed by atoms with E-state index in [1.165, 1.54) is 0 Å². The molecule has 1 aliphatic rings. The van der Waals surface area contributed by atoms with Crippen LogP contribution in [0, 0.1) is 5.92 Å². The van der Waals surface area contributed by atoms with Crippen LogP contribution in [0.2, 0.25) is 0 Å². The van der Waals surface area contributed by atoms with Crippen molar-refractivity contribution < 1.29 is 9.53 Å². The van der Waals surface area contributed by atoms with Crippen molar-refractivity contribution in [1.82, 2.24) is 4.90 Å². The Bertz CT molecular complexity index is 206. The summed E-state index contributed by atoms with van der Waals surface area (Å²) >= 11 is 0. The first-order valence-electron chi connectivity index (χ1n) is 4.67. The van der Waals surface area contributed by atoms with E-state index < -0.39 is 0 Å². The predicted octanol–water partition coefficient (Wildman–Crippen LogP) is 0.812. The van der Waals surface area contributed by atoms with Crippen molar-refractivity contribution in [1.29, 1.82) is 0 Å². The van der Waals surface area contributed by atoms with E-state index in [-0.39, 0.29) is 11.6 Å². The third-order valence-corrected chi connectivity index (χ3v) is 3.03. The summed E-state index contributed by atoms with van der Waals surface area (Å²) in [5.74, 6) is 0.336. The number of carbonyl (C=O) groups excluding carboxylic acids is 1. The maximum atomic E-state index is 11.3. The molecule has 0 aliphatic carbocycles. The van der Waals surface area contributed by atoms with E-state index in [9.17, 15) is 4.79 Å². The van der Waals surface area contributed by atoms with Crippen molar-refractivity contribution in [2.24, 2.45) is 11.7 Å². The molecule has 4 heteroatoms. The summed E-state index contributed by atoms with van der Waals surface area (Å²) in [6.07, 6.45) is -0.235. The third-order valence-electron chi connectivity index (χ3n) is 3.03. The van der Waals surface area contributed by atoms with Crippen LogP contribution in [0.5, 0.6) is 0 Å². The third kappa shape index (κ3) is 1.63. The molecular weight excluding hydrogens is 168 g/mol. The number of nitrogens with zero attached hydrogens (tertiary/aromatic N) is 1. The molecule has 13 heavy (non-hydrogen) atoms. The lowest BCUT2D eigenvalue weighted by Gasteiger charge is -2.39. The standard InChI is InChI=1S/C9H18N2O2/c1-7(2)9(3,6-10)11-4-5-13-8(11)12/h7H,4-6,10H2,1-3H3. The van der Waals surface area contributed by atoms with E-state index >= 15 is 0 Å². The highest BCUT2D eigenvalue weighted by molar-refractivity contribution is 5.70. The van der Waals surface area contributed by atoms with Crippen molar-refractivity contribution in [3.63, 3.8) is 0 Å². The SMILES string of the molecule is CC(C)C(C)(CN)N1CCOC1=O. The van der Waals surface area contributed by atoms with E-state index in [0.717, 1.165) is 0 Å². The number of hydrogen-bond acceptors (Lipinski definition) is 3. The largest absolute Gasteiger partial charge is 0.448 e. The number of cyclic esters (lactones) is 1. The number of carbonyl (C=O) groups is 1. The fourth-order valence-electron chi connectivity index (χ4n) is 1.51. The molecule has 1 unspecified atom stereocenters. The Kier molecular flexibility index (Phi) is 2.81. The minimum atomic E-state index is -0.270. The Labute approximate surface area is 79.0 Å². The monoisotopic (exact) mass is 186 g/mol. The molecule has 2 N–H and O–H groups in total. The first-order chi connectivity index (χ1) is 6.02. The molecule has 1 rings (SSSR count). The molecule has 1 atom stereocenters. The Hall–Kier alpha value is -0.770. The van der Waals surface area contributed by atoms with Gasteiger partial charge in [0.2, 0.25) is 0 Å². The van der Waals surface area contributed by atoms with E-state index in [4.69, 9.17) is 10.5 Å². The number of hydrogen-bond donors (Lipinski definition) is 1. The Morgan fingerprint density at radius 3 is 2.62 bits per heavy atom. The lowest BCUT2D eigenvalue weighted by Crippen LogP contribution is -2.55. The normalized spacial score (nSPS) is 21.9. The average molecular weight is 186 g/mol. The topological polar surface area (TPSA) is 55.6 Å². The summed E-state index contributed by atoms with van der Waals surface area (Å²) in [5, 5.41) is 0. The molecule has 1 aliphatic heterocycles. The van der Waals surface area contributed by atoms with Crippen molar-refractivity contribution in [2.75, 3.05) is 19.7 Å². The summed E-state index contributed by atoms with van der Waals surface area (Å²) in [5.41, 5.74) is 5.43. The Morgan fingerprint density at radius 1 is 1.69 bits per heavy atom. The number of ether oxygens (including phenoxy) is 1. The number of nitrogens with two attached hydrogens (primary N) is 1. The van der Waals surface area contributed by atoms with Gasteiger partial charge in [0, 0.05) is 6.54 Å². The summed E-state index contributed by atoms with van der Waals surface area (Å²) in [6.45, 7) is 7.76. The van der Waals surface area contributed by atoms with Gasteiger partial charge in [0.25, 0.3) is 0 Å². The van der Waals surface area contributed by atoms with Crippen LogP contribution in [-0.2, 0) is 4.74 Å². The molecule has 0 saturated carbocycles. The van der Waals surface area contributed by atoms with Gasteiger partial charge in [-0.2, -0.15) is 0 Å². The van der Waals surface area contributed by atoms with Gasteiger partial charge in [0.15, 0.2) is 0 Å². The zero-order valence-corrected chi connectivity index (χ0v) is 8.54.